The van der Waals surface area contributed by atoms with E-state index in [1.807, 2.05) is 43.3 Å². The summed E-state index contributed by atoms with van der Waals surface area (Å²) < 4.78 is 0. The Morgan fingerprint density at radius 1 is 0.966 bits per heavy atom. The number of phenolic OH excluding ortho intramolecular Hbond substituents is 2. The first-order valence-corrected chi connectivity index (χ1v) is 9.38. The summed E-state index contributed by atoms with van der Waals surface area (Å²) in [5, 5.41) is 22.8. The van der Waals surface area contributed by atoms with Crippen molar-refractivity contribution in [3.8, 4) is 11.5 Å². The van der Waals surface area contributed by atoms with Crippen molar-refractivity contribution in [2.75, 3.05) is 0 Å². The molecule has 148 valence electrons. The van der Waals surface area contributed by atoms with E-state index in [0.717, 1.165) is 16.6 Å². The maximum atomic E-state index is 11.0. The SMILES string of the molecule is C.Cc1ccnc(CC(c2ccc3cccnc3c2O)c2c(O)cccc2Cl)c1. The third-order valence-corrected chi connectivity index (χ3v) is 5.25. The molecule has 0 fully saturated rings. The summed E-state index contributed by atoms with van der Waals surface area (Å²) in [5.41, 5.74) is 3.69. The maximum Gasteiger partial charge on any atom is 0.145 e. The Morgan fingerprint density at radius 3 is 2.55 bits per heavy atom. The summed E-state index contributed by atoms with van der Waals surface area (Å²) in [6.07, 6.45) is 3.89. The number of halogens is 1. The van der Waals surface area contributed by atoms with Crippen LogP contribution >= 0.6 is 11.6 Å². The molecule has 0 saturated heterocycles. The highest BCUT2D eigenvalue weighted by molar-refractivity contribution is 6.31. The smallest absolute Gasteiger partial charge is 0.145 e. The lowest BCUT2D eigenvalue weighted by atomic mass is 9.85. The number of phenols is 2. The van der Waals surface area contributed by atoms with Crippen LogP contribution in [-0.4, -0.2) is 20.2 Å². The molecule has 0 saturated carbocycles. The largest absolute Gasteiger partial charge is 0.508 e. The predicted molar refractivity (Wildman–Crippen MR) is 118 cm³/mol. The van der Waals surface area contributed by atoms with Crippen LogP contribution in [0.2, 0.25) is 5.02 Å². The highest BCUT2D eigenvalue weighted by Crippen LogP contribution is 2.43. The zero-order chi connectivity index (χ0) is 19.7. The first kappa shape index (κ1) is 20.6. The maximum absolute atomic E-state index is 11.0. The fourth-order valence-electron chi connectivity index (χ4n) is 3.58. The van der Waals surface area contributed by atoms with Crippen molar-refractivity contribution >= 4 is 22.5 Å². The number of aryl methyl sites for hydroxylation is 1. The zero-order valence-electron chi connectivity index (χ0n) is 15.3. The second-order valence-corrected chi connectivity index (χ2v) is 7.24. The lowest BCUT2D eigenvalue weighted by Gasteiger charge is -2.22. The van der Waals surface area contributed by atoms with Gasteiger partial charge in [-0.3, -0.25) is 9.97 Å². The van der Waals surface area contributed by atoms with Crippen molar-refractivity contribution in [3.63, 3.8) is 0 Å². The lowest BCUT2D eigenvalue weighted by molar-refractivity contribution is 0.456. The van der Waals surface area contributed by atoms with E-state index in [1.165, 1.54) is 0 Å². The molecular formula is C24H23ClN2O2. The molecule has 2 N–H and O–H groups in total. The minimum absolute atomic E-state index is 0. The molecule has 4 aromatic rings. The van der Waals surface area contributed by atoms with Gasteiger partial charge in [-0.25, -0.2) is 0 Å². The Balaban J connectivity index is 0.00000240. The van der Waals surface area contributed by atoms with Gasteiger partial charge in [0, 0.05) is 52.0 Å². The van der Waals surface area contributed by atoms with Gasteiger partial charge in [-0.2, -0.15) is 0 Å². The van der Waals surface area contributed by atoms with E-state index in [4.69, 9.17) is 11.6 Å². The minimum atomic E-state index is -0.380. The van der Waals surface area contributed by atoms with E-state index in [0.29, 0.717) is 28.1 Å². The molecule has 0 aliphatic rings. The van der Waals surface area contributed by atoms with Crippen LogP contribution in [0.1, 0.15) is 35.7 Å². The van der Waals surface area contributed by atoms with E-state index in [9.17, 15) is 10.2 Å². The van der Waals surface area contributed by atoms with E-state index in [-0.39, 0.29) is 24.8 Å². The Bertz CT molecular complexity index is 1140. The number of pyridine rings is 2. The number of hydrogen-bond acceptors (Lipinski definition) is 4. The van der Waals surface area contributed by atoms with Crippen molar-refractivity contribution in [2.45, 2.75) is 26.7 Å². The number of hydrogen-bond donors (Lipinski definition) is 2. The van der Waals surface area contributed by atoms with Gasteiger partial charge in [-0.15, -0.1) is 0 Å². The first-order valence-electron chi connectivity index (χ1n) is 9.00. The molecule has 2 aromatic carbocycles. The average Bonchev–Trinajstić information content (AvgIpc) is 2.68. The van der Waals surface area contributed by atoms with Crippen LogP contribution in [0, 0.1) is 6.92 Å². The number of fused-ring (bicyclic) bond motifs is 1. The molecule has 0 aliphatic heterocycles. The van der Waals surface area contributed by atoms with Crippen LogP contribution in [0.4, 0.5) is 0 Å². The molecule has 0 amide bonds. The highest BCUT2D eigenvalue weighted by atomic mass is 35.5. The monoisotopic (exact) mass is 406 g/mol. The number of aromatic hydroxyl groups is 2. The molecule has 0 radical (unpaired) electrons. The molecule has 1 unspecified atom stereocenters. The second kappa shape index (κ2) is 8.50. The van der Waals surface area contributed by atoms with Gasteiger partial charge in [0.2, 0.25) is 0 Å². The van der Waals surface area contributed by atoms with Crippen molar-refractivity contribution in [1.82, 2.24) is 9.97 Å². The Hall–Kier alpha value is -3.11. The van der Waals surface area contributed by atoms with E-state index in [1.54, 1.807) is 30.6 Å². The fourth-order valence-corrected chi connectivity index (χ4v) is 3.89. The summed E-state index contributed by atoms with van der Waals surface area (Å²) in [5.74, 6) is -0.199. The zero-order valence-corrected chi connectivity index (χ0v) is 16.1. The topological polar surface area (TPSA) is 66.2 Å². The molecule has 29 heavy (non-hydrogen) atoms. The molecule has 4 rings (SSSR count). The van der Waals surface area contributed by atoms with Gasteiger partial charge in [0.05, 0.1) is 0 Å². The lowest BCUT2D eigenvalue weighted by Crippen LogP contribution is -2.08. The van der Waals surface area contributed by atoms with Crippen LogP contribution in [0.15, 0.2) is 67.0 Å². The van der Waals surface area contributed by atoms with Crippen LogP contribution in [0.25, 0.3) is 10.9 Å². The van der Waals surface area contributed by atoms with Crippen molar-refractivity contribution in [1.29, 1.82) is 0 Å². The van der Waals surface area contributed by atoms with E-state index in [2.05, 4.69) is 9.97 Å². The second-order valence-electron chi connectivity index (χ2n) is 6.83. The summed E-state index contributed by atoms with van der Waals surface area (Å²) in [7, 11) is 0. The molecule has 2 heterocycles. The van der Waals surface area contributed by atoms with Gasteiger partial charge in [0.1, 0.15) is 17.0 Å². The van der Waals surface area contributed by atoms with Gasteiger partial charge in [-0.05, 0) is 42.8 Å². The molecule has 0 aliphatic carbocycles. The van der Waals surface area contributed by atoms with Crippen LogP contribution < -0.4 is 0 Å². The molecule has 0 spiro atoms. The van der Waals surface area contributed by atoms with Gasteiger partial charge >= 0.3 is 0 Å². The molecular weight excluding hydrogens is 384 g/mol. The minimum Gasteiger partial charge on any atom is -0.508 e. The summed E-state index contributed by atoms with van der Waals surface area (Å²) in [4.78, 5) is 8.78. The first-order chi connectivity index (χ1) is 13.5. The third-order valence-electron chi connectivity index (χ3n) is 4.92. The average molecular weight is 407 g/mol. The standard InChI is InChI=1S/C23H19ClN2O2.CH4/c1-14-9-11-25-16(12-14)13-18(21-19(24)5-2-6-20(21)27)17-8-7-15-4-3-10-26-22(15)23(17)28;/h2-12,18,27-28H,13H2,1H3;1H4. The van der Waals surface area contributed by atoms with Crippen LogP contribution in [-0.2, 0) is 6.42 Å². The molecule has 5 heteroatoms. The summed E-state index contributed by atoms with van der Waals surface area (Å²) in [6.45, 7) is 2.00. The van der Waals surface area contributed by atoms with Crippen molar-refractivity contribution < 1.29 is 10.2 Å². The van der Waals surface area contributed by atoms with Gasteiger partial charge in [-0.1, -0.05) is 43.3 Å². The third kappa shape index (κ3) is 4.03. The number of rotatable bonds is 4. The summed E-state index contributed by atoms with van der Waals surface area (Å²) in [6, 6.07) is 16.5. The molecule has 4 nitrogen and oxygen atoms in total. The Labute approximate surface area is 175 Å². The normalized spacial score (nSPS) is 11.8. The number of aromatic nitrogens is 2. The predicted octanol–water partition coefficient (Wildman–Crippen LogP) is 6.01. The van der Waals surface area contributed by atoms with Crippen molar-refractivity contribution in [2.24, 2.45) is 0 Å². The molecule has 1 atom stereocenters. The number of nitrogens with zero attached hydrogens (tertiary/aromatic N) is 2. The van der Waals surface area contributed by atoms with Crippen molar-refractivity contribution in [3.05, 3.63) is 94.4 Å². The summed E-state index contributed by atoms with van der Waals surface area (Å²) >= 11 is 6.46. The number of benzene rings is 2. The van der Waals surface area contributed by atoms with Crippen LogP contribution in [0.5, 0.6) is 11.5 Å². The highest BCUT2D eigenvalue weighted by Gasteiger charge is 2.25. The van der Waals surface area contributed by atoms with Gasteiger partial charge in [0.15, 0.2) is 0 Å². The molecule has 2 aromatic heterocycles. The quantitative estimate of drug-likeness (QED) is 0.435. The molecule has 0 bridgehead atoms. The van der Waals surface area contributed by atoms with Gasteiger partial charge < -0.3 is 10.2 Å². The van der Waals surface area contributed by atoms with E-state index >= 15 is 0 Å². The van der Waals surface area contributed by atoms with E-state index < -0.39 is 0 Å². The Kier molecular flexibility index (Phi) is 6.04. The Morgan fingerprint density at radius 2 is 1.79 bits per heavy atom. The van der Waals surface area contributed by atoms with Gasteiger partial charge in [0.25, 0.3) is 0 Å². The fraction of sp³-hybridized carbons (Fsp3) is 0.167. The van der Waals surface area contributed by atoms with Crippen LogP contribution in [0.3, 0.4) is 0 Å².